The van der Waals surface area contributed by atoms with Crippen LogP contribution < -0.4 is 20.1 Å². The molecule has 3 aliphatic rings. The second-order valence-corrected chi connectivity index (χ2v) is 10.8. The van der Waals surface area contributed by atoms with Crippen LogP contribution in [0.15, 0.2) is 58.6 Å². The van der Waals surface area contributed by atoms with Gasteiger partial charge in [0.15, 0.2) is 0 Å². The van der Waals surface area contributed by atoms with E-state index in [1.165, 1.54) is 5.56 Å². The van der Waals surface area contributed by atoms with Gasteiger partial charge in [-0.15, -0.1) is 0 Å². The number of allylic oxidation sites excluding steroid dienone is 1. The Kier molecular flexibility index (Phi) is 8.06. The number of rotatable bonds is 10. The van der Waals surface area contributed by atoms with Gasteiger partial charge in [0.05, 0.1) is 6.07 Å². The van der Waals surface area contributed by atoms with E-state index in [2.05, 4.69) is 104 Å². The van der Waals surface area contributed by atoms with Gasteiger partial charge in [-0.1, -0.05) is 19.9 Å². The second-order valence-electron chi connectivity index (χ2n) is 10.8. The van der Waals surface area contributed by atoms with Crippen molar-refractivity contribution < 1.29 is 14.3 Å². The fourth-order valence-electron chi connectivity index (χ4n) is 5.10. The molecule has 6 heteroatoms. The van der Waals surface area contributed by atoms with Gasteiger partial charge in [-0.25, -0.2) is 4.58 Å². The van der Waals surface area contributed by atoms with Crippen molar-refractivity contribution >= 4 is 23.4 Å². The SMILES string of the molecule is CC[N+](CCCCCC(=O)O)=c1ccc2cc3c(oc-2c1)C=C(Nc1cccc(N(C)C)c1)CC3(C)C. The second kappa shape index (κ2) is 11.2. The Morgan fingerprint density at radius 3 is 2.65 bits per heavy atom. The molecule has 2 N–H and O–H groups in total. The predicted octanol–water partition coefficient (Wildman–Crippen LogP) is 6.02. The van der Waals surface area contributed by atoms with Crippen molar-refractivity contribution in [2.75, 3.05) is 37.4 Å². The van der Waals surface area contributed by atoms with Crippen LogP contribution in [0.1, 0.15) is 64.2 Å². The third-order valence-electron chi connectivity index (χ3n) is 7.18. The van der Waals surface area contributed by atoms with Crippen molar-refractivity contribution in [3.8, 4) is 11.3 Å². The molecule has 0 unspecified atom stereocenters. The zero-order chi connectivity index (χ0) is 26.6. The molecular formula is C31H40N3O3+. The van der Waals surface area contributed by atoms with Gasteiger partial charge in [0, 0.05) is 67.3 Å². The van der Waals surface area contributed by atoms with E-state index in [9.17, 15) is 4.79 Å². The van der Waals surface area contributed by atoms with Crippen LogP contribution in [-0.4, -0.2) is 38.3 Å². The molecule has 1 aromatic rings. The standard InChI is InChI=1S/C31H39N3O3/c1-6-34(16-9-7-8-13-30(35)36)26-15-14-22-17-27-29(37-28(22)20-26)19-24(21-31(27,2)3)32-23-11-10-12-25(18-23)33(4)5/h10-12,14-15,17-20H,6-9,13,16,21H2,1-5H3,(H,35,36)/p+1. The van der Waals surface area contributed by atoms with Gasteiger partial charge in [-0.3, -0.25) is 4.79 Å². The van der Waals surface area contributed by atoms with E-state index in [4.69, 9.17) is 9.52 Å². The Bertz CT molecular complexity index is 1330. The lowest BCUT2D eigenvalue weighted by Gasteiger charge is -2.33. The topological polar surface area (TPSA) is 68.7 Å². The third-order valence-corrected chi connectivity index (χ3v) is 7.18. The number of carboxylic acid groups (broad SMARTS) is 1. The number of hydrogen-bond acceptors (Lipinski definition) is 4. The van der Waals surface area contributed by atoms with Crippen LogP contribution in [0.4, 0.5) is 11.4 Å². The van der Waals surface area contributed by atoms with Crippen LogP contribution in [0, 0.1) is 0 Å². The number of benzene rings is 2. The molecule has 1 aliphatic heterocycles. The Morgan fingerprint density at radius 2 is 1.92 bits per heavy atom. The van der Waals surface area contributed by atoms with E-state index in [0.29, 0.717) is 0 Å². The van der Waals surface area contributed by atoms with E-state index in [1.54, 1.807) is 0 Å². The molecule has 0 fully saturated rings. The van der Waals surface area contributed by atoms with Crippen LogP contribution in [0.3, 0.4) is 0 Å². The number of nitrogens with zero attached hydrogens (tertiary/aromatic N) is 2. The third kappa shape index (κ3) is 6.43. The van der Waals surface area contributed by atoms with Gasteiger partial charge < -0.3 is 19.7 Å². The molecule has 0 aromatic heterocycles. The molecule has 0 saturated carbocycles. The minimum atomic E-state index is -0.718. The van der Waals surface area contributed by atoms with Crippen molar-refractivity contribution in [2.24, 2.45) is 0 Å². The minimum Gasteiger partial charge on any atom is -0.481 e. The lowest BCUT2D eigenvalue weighted by Crippen LogP contribution is -2.31. The molecule has 0 saturated heterocycles. The van der Waals surface area contributed by atoms with Crippen molar-refractivity contribution in [1.82, 2.24) is 4.58 Å². The number of carbonyl (C=O) groups is 1. The van der Waals surface area contributed by atoms with Crippen LogP contribution in [-0.2, 0) is 10.2 Å². The zero-order valence-electron chi connectivity index (χ0n) is 22.8. The number of aliphatic carboxylic acids is 1. The van der Waals surface area contributed by atoms with E-state index >= 15 is 0 Å². The Balaban J connectivity index is 1.64. The van der Waals surface area contributed by atoms with Crippen molar-refractivity contribution in [1.29, 1.82) is 0 Å². The summed E-state index contributed by atoms with van der Waals surface area (Å²) in [6, 6.07) is 17.2. The fraction of sp³-hybridized carbons (Fsp3) is 0.419. The van der Waals surface area contributed by atoms with E-state index in [0.717, 1.165) is 78.3 Å². The molecular weight excluding hydrogens is 462 g/mol. The summed E-state index contributed by atoms with van der Waals surface area (Å²) >= 11 is 0. The maximum Gasteiger partial charge on any atom is 0.303 e. The summed E-state index contributed by atoms with van der Waals surface area (Å²) in [4.78, 5) is 12.9. The molecule has 1 aromatic carbocycles. The molecule has 37 heavy (non-hydrogen) atoms. The lowest BCUT2D eigenvalue weighted by atomic mass is 9.76. The van der Waals surface area contributed by atoms with Crippen LogP contribution in [0.2, 0.25) is 0 Å². The first-order valence-electron chi connectivity index (χ1n) is 13.3. The first-order chi connectivity index (χ1) is 17.7. The molecule has 0 spiro atoms. The normalized spacial score (nSPS) is 15.1. The monoisotopic (exact) mass is 502 g/mol. The summed E-state index contributed by atoms with van der Waals surface area (Å²) in [7, 11) is 4.10. The molecule has 1 heterocycles. The highest BCUT2D eigenvalue weighted by molar-refractivity contribution is 5.70. The van der Waals surface area contributed by atoms with E-state index in [1.807, 2.05) is 0 Å². The highest BCUT2D eigenvalue weighted by Gasteiger charge is 2.31. The van der Waals surface area contributed by atoms with Gasteiger partial charge in [0.25, 0.3) is 0 Å². The lowest BCUT2D eigenvalue weighted by molar-refractivity contribution is -0.137. The molecule has 4 rings (SSSR count). The van der Waals surface area contributed by atoms with Gasteiger partial charge in [-0.05, 0) is 61.9 Å². The molecule has 0 bridgehead atoms. The highest BCUT2D eigenvalue weighted by atomic mass is 16.4. The molecule has 0 radical (unpaired) electrons. The summed E-state index contributed by atoms with van der Waals surface area (Å²) in [5, 5.41) is 13.6. The predicted molar refractivity (Wildman–Crippen MR) is 152 cm³/mol. The number of hydrogen-bond donors (Lipinski definition) is 2. The Labute approximate surface area is 220 Å². The number of carboxylic acids is 1. The zero-order valence-corrected chi connectivity index (χ0v) is 22.8. The highest BCUT2D eigenvalue weighted by Crippen LogP contribution is 2.41. The number of unbranched alkanes of at least 4 members (excludes halogenated alkanes) is 2. The van der Waals surface area contributed by atoms with Crippen molar-refractivity contribution in [3.05, 3.63) is 70.9 Å². The summed E-state index contributed by atoms with van der Waals surface area (Å²) < 4.78 is 8.87. The quantitative estimate of drug-likeness (QED) is 0.262. The number of nitrogens with one attached hydrogen (secondary N) is 1. The molecule has 0 atom stereocenters. The fourth-order valence-corrected chi connectivity index (χ4v) is 5.10. The smallest absolute Gasteiger partial charge is 0.303 e. The van der Waals surface area contributed by atoms with Crippen molar-refractivity contribution in [3.63, 3.8) is 0 Å². The average molecular weight is 503 g/mol. The first kappa shape index (κ1) is 26.5. The largest absolute Gasteiger partial charge is 0.481 e. The maximum atomic E-state index is 10.8. The van der Waals surface area contributed by atoms with Crippen molar-refractivity contribution in [2.45, 2.75) is 58.3 Å². The summed E-state index contributed by atoms with van der Waals surface area (Å²) in [5.74, 6) is 1.07. The maximum absolute atomic E-state index is 10.8. The molecule has 0 amide bonds. The number of fused-ring (bicyclic) bond motifs is 2. The first-order valence-corrected chi connectivity index (χ1v) is 13.3. The average Bonchev–Trinajstić information content (AvgIpc) is 2.84. The Morgan fingerprint density at radius 1 is 1.11 bits per heavy atom. The van der Waals surface area contributed by atoms with Gasteiger partial charge >= 0.3 is 5.97 Å². The number of anilines is 2. The van der Waals surface area contributed by atoms with E-state index < -0.39 is 5.97 Å². The molecule has 6 nitrogen and oxygen atoms in total. The van der Waals surface area contributed by atoms with Gasteiger partial charge in [-0.2, -0.15) is 0 Å². The molecule has 2 aliphatic carbocycles. The summed E-state index contributed by atoms with van der Waals surface area (Å²) in [6.45, 7) is 8.49. The van der Waals surface area contributed by atoms with Crippen LogP contribution >= 0.6 is 0 Å². The van der Waals surface area contributed by atoms with Crippen LogP contribution in [0.5, 0.6) is 0 Å². The van der Waals surface area contributed by atoms with Gasteiger partial charge in [0.2, 0.25) is 5.36 Å². The van der Waals surface area contributed by atoms with Crippen LogP contribution in [0.25, 0.3) is 17.4 Å². The van der Waals surface area contributed by atoms with Gasteiger partial charge in [0.1, 0.15) is 24.6 Å². The van der Waals surface area contributed by atoms with E-state index in [-0.39, 0.29) is 11.8 Å². The summed E-state index contributed by atoms with van der Waals surface area (Å²) in [5.41, 5.74) is 5.65. The minimum absolute atomic E-state index is 0.0622. The Hall–Kier alpha value is -3.54. The summed E-state index contributed by atoms with van der Waals surface area (Å²) in [6.07, 6.45) is 5.91. The molecule has 196 valence electrons.